The van der Waals surface area contributed by atoms with E-state index in [1.807, 2.05) is 6.92 Å². The molecule has 2 rings (SSSR count). The molecule has 1 heterocycles. The summed E-state index contributed by atoms with van der Waals surface area (Å²) < 4.78 is 20.0. The first-order chi connectivity index (χ1) is 9.93. The van der Waals surface area contributed by atoms with Crippen molar-refractivity contribution < 1.29 is 13.9 Å². The van der Waals surface area contributed by atoms with Crippen molar-refractivity contribution in [1.82, 2.24) is 9.78 Å². The number of anilines is 1. The van der Waals surface area contributed by atoms with E-state index in [-0.39, 0.29) is 17.9 Å². The van der Waals surface area contributed by atoms with Crippen molar-refractivity contribution in [2.24, 2.45) is 0 Å². The van der Waals surface area contributed by atoms with E-state index >= 15 is 0 Å². The molecule has 0 saturated heterocycles. The van der Waals surface area contributed by atoms with Gasteiger partial charge in [0, 0.05) is 12.2 Å². The summed E-state index contributed by atoms with van der Waals surface area (Å²) >= 11 is 6.12. The smallest absolute Gasteiger partial charge is 0.340 e. The fourth-order valence-electron chi connectivity index (χ4n) is 1.92. The summed E-state index contributed by atoms with van der Waals surface area (Å²) in [4.78, 5) is 12.0. The van der Waals surface area contributed by atoms with Crippen molar-refractivity contribution >= 4 is 23.3 Å². The average Bonchev–Trinajstić information content (AvgIpc) is 2.74. The number of nitrogens with zero attached hydrogens (tertiary/aromatic N) is 2. The molecule has 0 aliphatic carbocycles. The van der Waals surface area contributed by atoms with E-state index in [0.717, 1.165) is 6.07 Å². The van der Waals surface area contributed by atoms with Crippen molar-refractivity contribution in [1.29, 1.82) is 0 Å². The summed E-state index contributed by atoms with van der Waals surface area (Å²) in [6.07, 6.45) is 0. The molecule has 0 saturated carbocycles. The maximum atomic E-state index is 13.2. The van der Waals surface area contributed by atoms with Gasteiger partial charge in [0.05, 0.1) is 22.0 Å². The molecule has 0 atom stereocenters. The van der Waals surface area contributed by atoms with Crippen LogP contribution in [0, 0.1) is 12.7 Å². The minimum Gasteiger partial charge on any atom is -0.455 e. The summed E-state index contributed by atoms with van der Waals surface area (Å²) in [7, 11) is 0. The number of ether oxygens (including phenoxy) is 1. The monoisotopic (exact) mass is 311 g/mol. The minimum absolute atomic E-state index is 0.00888. The van der Waals surface area contributed by atoms with Gasteiger partial charge < -0.3 is 10.5 Å². The fourth-order valence-corrected chi connectivity index (χ4v) is 2.11. The average molecular weight is 312 g/mol. The Balaban J connectivity index is 2.16. The normalized spacial score (nSPS) is 10.7. The highest BCUT2D eigenvalue weighted by Crippen LogP contribution is 2.22. The largest absolute Gasteiger partial charge is 0.455 e. The molecule has 1 aromatic heterocycles. The third kappa shape index (κ3) is 3.16. The first kappa shape index (κ1) is 15.3. The van der Waals surface area contributed by atoms with Crippen molar-refractivity contribution in [2.45, 2.75) is 27.0 Å². The SMILES string of the molecule is CCn1nc(C)c(Cl)c1COC(=O)c1cc(F)ccc1N. The standard InChI is InChI=1S/C14H15ClFN3O2/c1-3-19-12(13(15)8(2)18-19)7-21-14(20)10-6-9(16)4-5-11(10)17/h4-6H,3,7,17H2,1-2H3. The predicted molar refractivity (Wildman–Crippen MR) is 77.6 cm³/mol. The summed E-state index contributed by atoms with van der Waals surface area (Å²) in [5.41, 5.74) is 7.05. The van der Waals surface area contributed by atoms with Crippen LogP contribution in [-0.4, -0.2) is 15.7 Å². The van der Waals surface area contributed by atoms with Gasteiger partial charge in [0.15, 0.2) is 0 Å². The van der Waals surface area contributed by atoms with Crippen LogP contribution in [0.15, 0.2) is 18.2 Å². The Labute approximate surface area is 126 Å². The van der Waals surface area contributed by atoms with Gasteiger partial charge in [-0.3, -0.25) is 4.68 Å². The van der Waals surface area contributed by atoms with E-state index in [0.29, 0.717) is 23.0 Å². The number of carbonyl (C=O) groups is 1. The number of nitrogen functional groups attached to an aromatic ring is 1. The topological polar surface area (TPSA) is 70.1 Å². The highest BCUT2D eigenvalue weighted by Gasteiger charge is 2.17. The Morgan fingerprint density at radius 2 is 2.24 bits per heavy atom. The minimum atomic E-state index is -0.704. The molecule has 0 spiro atoms. The number of rotatable bonds is 4. The zero-order chi connectivity index (χ0) is 15.6. The number of hydrogen-bond acceptors (Lipinski definition) is 4. The third-order valence-corrected chi connectivity index (χ3v) is 3.52. The molecule has 0 aliphatic rings. The van der Waals surface area contributed by atoms with Gasteiger partial charge in [0.1, 0.15) is 12.4 Å². The van der Waals surface area contributed by atoms with Gasteiger partial charge in [-0.1, -0.05) is 11.6 Å². The second kappa shape index (κ2) is 6.13. The molecule has 0 aliphatic heterocycles. The molecule has 0 amide bonds. The Kier molecular flexibility index (Phi) is 4.47. The van der Waals surface area contributed by atoms with Crippen LogP contribution in [0.25, 0.3) is 0 Å². The number of nitrogens with two attached hydrogens (primary N) is 1. The van der Waals surface area contributed by atoms with Gasteiger partial charge in [-0.05, 0) is 32.0 Å². The highest BCUT2D eigenvalue weighted by atomic mass is 35.5. The Bertz CT molecular complexity index is 685. The van der Waals surface area contributed by atoms with Crippen LogP contribution in [0.2, 0.25) is 5.02 Å². The maximum absolute atomic E-state index is 13.2. The van der Waals surface area contributed by atoms with Crippen molar-refractivity contribution in [3.05, 3.63) is 46.0 Å². The zero-order valence-corrected chi connectivity index (χ0v) is 12.4. The molecule has 2 N–H and O–H groups in total. The molecule has 112 valence electrons. The third-order valence-electron chi connectivity index (χ3n) is 3.03. The lowest BCUT2D eigenvalue weighted by atomic mass is 10.2. The molecular weight excluding hydrogens is 297 g/mol. The summed E-state index contributed by atoms with van der Waals surface area (Å²) in [6, 6.07) is 3.54. The number of halogens is 2. The Morgan fingerprint density at radius 1 is 1.52 bits per heavy atom. The summed E-state index contributed by atoms with van der Waals surface area (Å²) in [5.74, 6) is -1.26. The molecule has 1 aromatic carbocycles. The van der Waals surface area contributed by atoms with Gasteiger partial charge in [0.2, 0.25) is 0 Å². The van der Waals surface area contributed by atoms with Gasteiger partial charge >= 0.3 is 5.97 Å². The van der Waals surface area contributed by atoms with E-state index in [4.69, 9.17) is 22.1 Å². The van der Waals surface area contributed by atoms with Crippen molar-refractivity contribution in [3.8, 4) is 0 Å². The lowest BCUT2D eigenvalue weighted by Crippen LogP contribution is -2.11. The maximum Gasteiger partial charge on any atom is 0.340 e. The van der Waals surface area contributed by atoms with Crippen LogP contribution in [-0.2, 0) is 17.9 Å². The molecule has 21 heavy (non-hydrogen) atoms. The number of esters is 1. The van der Waals surface area contributed by atoms with Gasteiger partial charge in [0.25, 0.3) is 0 Å². The second-order valence-electron chi connectivity index (χ2n) is 4.47. The number of hydrogen-bond donors (Lipinski definition) is 1. The zero-order valence-electron chi connectivity index (χ0n) is 11.7. The molecule has 2 aromatic rings. The van der Waals surface area contributed by atoms with Gasteiger partial charge in [-0.25, -0.2) is 9.18 Å². The molecule has 0 fully saturated rings. The van der Waals surface area contributed by atoms with E-state index in [1.54, 1.807) is 11.6 Å². The fraction of sp³-hybridized carbons (Fsp3) is 0.286. The van der Waals surface area contributed by atoms with E-state index < -0.39 is 11.8 Å². The Morgan fingerprint density at radius 3 is 2.90 bits per heavy atom. The van der Waals surface area contributed by atoms with Crippen molar-refractivity contribution in [3.63, 3.8) is 0 Å². The lowest BCUT2D eigenvalue weighted by molar-refractivity contribution is 0.0463. The van der Waals surface area contributed by atoms with Crippen LogP contribution in [0.1, 0.15) is 28.7 Å². The highest BCUT2D eigenvalue weighted by molar-refractivity contribution is 6.31. The van der Waals surface area contributed by atoms with Crippen LogP contribution < -0.4 is 5.73 Å². The molecule has 5 nitrogen and oxygen atoms in total. The number of aromatic nitrogens is 2. The first-order valence-electron chi connectivity index (χ1n) is 6.38. The van der Waals surface area contributed by atoms with E-state index in [2.05, 4.69) is 5.10 Å². The Hall–Kier alpha value is -2.08. The first-order valence-corrected chi connectivity index (χ1v) is 6.75. The van der Waals surface area contributed by atoms with Crippen LogP contribution >= 0.6 is 11.6 Å². The molecule has 0 radical (unpaired) electrons. The summed E-state index contributed by atoms with van der Waals surface area (Å²) in [6.45, 7) is 4.22. The van der Waals surface area contributed by atoms with Gasteiger partial charge in [-0.15, -0.1) is 0 Å². The second-order valence-corrected chi connectivity index (χ2v) is 4.85. The predicted octanol–water partition coefficient (Wildman–Crippen LogP) is 2.94. The molecule has 0 unspecified atom stereocenters. The van der Waals surface area contributed by atoms with Crippen molar-refractivity contribution in [2.75, 3.05) is 5.73 Å². The van der Waals surface area contributed by atoms with E-state index in [1.165, 1.54) is 12.1 Å². The number of aryl methyl sites for hydroxylation is 2. The molecular formula is C14H15ClFN3O2. The van der Waals surface area contributed by atoms with Crippen LogP contribution in [0.5, 0.6) is 0 Å². The summed E-state index contributed by atoms with van der Waals surface area (Å²) in [5, 5.41) is 4.68. The van der Waals surface area contributed by atoms with E-state index in [9.17, 15) is 9.18 Å². The quantitative estimate of drug-likeness (QED) is 0.696. The van der Waals surface area contributed by atoms with Gasteiger partial charge in [-0.2, -0.15) is 5.10 Å². The molecule has 0 bridgehead atoms. The number of benzene rings is 1. The number of carbonyl (C=O) groups excluding carboxylic acids is 1. The molecule has 7 heteroatoms. The van der Waals surface area contributed by atoms with Crippen LogP contribution in [0.4, 0.5) is 10.1 Å². The lowest BCUT2D eigenvalue weighted by Gasteiger charge is -2.08. The van der Waals surface area contributed by atoms with Crippen LogP contribution in [0.3, 0.4) is 0 Å².